The molecule has 0 saturated heterocycles. The Morgan fingerprint density at radius 2 is 1.47 bits per heavy atom. The molecule has 0 bridgehead atoms. The minimum Gasteiger partial charge on any atom is -0.481 e. The molecule has 0 aliphatic carbocycles. The molecule has 1 unspecified atom stereocenters. The highest BCUT2D eigenvalue weighted by Crippen LogP contribution is 2.36. The standard InChI is InChI=1S/C10H16O7/c1-5(2)3-10(8(14)15,9(16)17)6(4-11)7(12)13/h5-6,11H,3-4H2,1-2H3,(H,12,13)(H,14,15)(H,16,17). The molecule has 0 heterocycles. The zero-order valence-electron chi connectivity index (χ0n) is 9.58. The molecule has 98 valence electrons. The van der Waals surface area contributed by atoms with Crippen LogP contribution < -0.4 is 0 Å². The van der Waals surface area contributed by atoms with E-state index in [9.17, 15) is 14.4 Å². The van der Waals surface area contributed by atoms with Crippen molar-refractivity contribution in [2.75, 3.05) is 6.61 Å². The van der Waals surface area contributed by atoms with E-state index in [4.69, 9.17) is 20.4 Å². The molecule has 0 aromatic heterocycles. The molecule has 0 saturated carbocycles. The second-order valence-electron chi connectivity index (χ2n) is 4.25. The van der Waals surface area contributed by atoms with Crippen molar-refractivity contribution in [3.63, 3.8) is 0 Å². The fourth-order valence-electron chi connectivity index (χ4n) is 1.80. The molecule has 0 aromatic carbocycles. The van der Waals surface area contributed by atoms with Crippen LogP contribution in [0, 0.1) is 17.3 Å². The van der Waals surface area contributed by atoms with Gasteiger partial charge in [-0.1, -0.05) is 13.8 Å². The molecule has 4 N–H and O–H groups in total. The van der Waals surface area contributed by atoms with Gasteiger partial charge in [-0.2, -0.15) is 0 Å². The van der Waals surface area contributed by atoms with E-state index in [-0.39, 0.29) is 12.3 Å². The lowest BCUT2D eigenvalue weighted by Gasteiger charge is -2.31. The molecule has 7 nitrogen and oxygen atoms in total. The van der Waals surface area contributed by atoms with Crippen LogP contribution in [0.2, 0.25) is 0 Å². The van der Waals surface area contributed by atoms with Gasteiger partial charge in [0, 0.05) is 0 Å². The van der Waals surface area contributed by atoms with E-state index in [1.807, 2.05) is 0 Å². The Kier molecular flexibility index (Phi) is 5.09. The van der Waals surface area contributed by atoms with Crippen LogP contribution >= 0.6 is 0 Å². The average Bonchev–Trinajstić information content (AvgIpc) is 2.14. The minimum atomic E-state index is -2.51. The lowest BCUT2D eigenvalue weighted by Crippen LogP contribution is -2.51. The van der Waals surface area contributed by atoms with E-state index >= 15 is 0 Å². The smallest absolute Gasteiger partial charge is 0.322 e. The van der Waals surface area contributed by atoms with E-state index < -0.39 is 35.8 Å². The third-order valence-electron chi connectivity index (χ3n) is 2.57. The first-order chi connectivity index (χ1) is 7.70. The van der Waals surface area contributed by atoms with Crippen LogP contribution in [0.1, 0.15) is 20.3 Å². The van der Waals surface area contributed by atoms with Crippen molar-refractivity contribution in [2.45, 2.75) is 20.3 Å². The largest absolute Gasteiger partial charge is 0.481 e. The number of aliphatic hydroxyl groups is 1. The van der Waals surface area contributed by atoms with Crippen molar-refractivity contribution in [3.05, 3.63) is 0 Å². The van der Waals surface area contributed by atoms with Crippen molar-refractivity contribution < 1.29 is 34.8 Å². The Bertz CT molecular complexity index is 307. The third kappa shape index (κ3) is 2.94. The lowest BCUT2D eigenvalue weighted by molar-refractivity contribution is -0.179. The molecular formula is C10H16O7. The van der Waals surface area contributed by atoms with Crippen LogP contribution in [0.5, 0.6) is 0 Å². The Hall–Kier alpha value is -1.63. The number of hydrogen-bond donors (Lipinski definition) is 4. The van der Waals surface area contributed by atoms with Gasteiger partial charge < -0.3 is 20.4 Å². The summed E-state index contributed by atoms with van der Waals surface area (Å²) >= 11 is 0. The monoisotopic (exact) mass is 248 g/mol. The molecule has 17 heavy (non-hydrogen) atoms. The first-order valence-corrected chi connectivity index (χ1v) is 5.00. The van der Waals surface area contributed by atoms with Gasteiger partial charge in [0.2, 0.25) is 0 Å². The summed E-state index contributed by atoms with van der Waals surface area (Å²) in [5, 5.41) is 35.8. The van der Waals surface area contributed by atoms with Gasteiger partial charge in [0.1, 0.15) is 5.92 Å². The van der Waals surface area contributed by atoms with Crippen molar-refractivity contribution in [1.82, 2.24) is 0 Å². The number of aliphatic hydroxyl groups excluding tert-OH is 1. The molecule has 0 aromatic rings. The van der Waals surface area contributed by atoms with Crippen molar-refractivity contribution in [3.8, 4) is 0 Å². The number of carboxylic acid groups (broad SMARTS) is 3. The molecular weight excluding hydrogens is 232 g/mol. The average molecular weight is 248 g/mol. The lowest BCUT2D eigenvalue weighted by atomic mass is 9.70. The van der Waals surface area contributed by atoms with Gasteiger partial charge in [-0.05, 0) is 12.3 Å². The molecule has 0 aliphatic heterocycles. The Morgan fingerprint density at radius 3 is 1.65 bits per heavy atom. The first kappa shape index (κ1) is 15.4. The van der Waals surface area contributed by atoms with E-state index in [2.05, 4.69) is 0 Å². The fourth-order valence-corrected chi connectivity index (χ4v) is 1.80. The highest BCUT2D eigenvalue weighted by molar-refractivity contribution is 6.02. The summed E-state index contributed by atoms with van der Waals surface area (Å²) < 4.78 is 0. The van der Waals surface area contributed by atoms with Crippen molar-refractivity contribution in [2.24, 2.45) is 17.3 Å². The number of rotatable bonds is 7. The van der Waals surface area contributed by atoms with E-state index in [1.165, 1.54) is 0 Å². The van der Waals surface area contributed by atoms with Crippen LogP contribution in [0.3, 0.4) is 0 Å². The summed E-state index contributed by atoms with van der Waals surface area (Å²) in [5.41, 5.74) is -2.51. The molecule has 0 radical (unpaired) electrons. The summed E-state index contributed by atoms with van der Waals surface area (Å²) in [4.78, 5) is 33.2. The molecule has 0 amide bonds. The molecule has 0 fully saturated rings. The number of carbonyl (C=O) groups is 3. The summed E-state index contributed by atoms with van der Waals surface area (Å²) in [6.45, 7) is 2.12. The van der Waals surface area contributed by atoms with Gasteiger partial charge in [0.15, 0.2) is 5.41 Å². The maximum Gasteiger partial charge on any atom is 0.322 e. The zero-order valence-corrected chi connectivity index (χ0v) is 9.58. The molecule has 0 rings (SSSR count). The maximum absolute atomic E-state index is 11.1. The topological polar surface area (TPSA) is 132 Å². The molecule has 1 atom stereocenters. The van der Waals surface area contributed by atoms with Crippen molar-refractivity contribution >= 4 is 17.9 Å². The molecule has 0 spiro atoms. The van der Waals surface area contributed by atoms with Crippen LogP contribution in [-0.2, 0) is 14.4 Å². The van der Waals surface area contributed by atoms with Crippen LogP contribution in [0.25, 0.3) is 0 Å². The van der Waals surface area contributed by atoms with Gasteiger partial charge in [-0.15, -0.1) is 0 Å². The molecule has 7 heteroatoms. The Morgan fingerprint density at radius 1 is 1.06 bits per heavy atom. The first-order valence-electron chi connectivity index (χ1n) is 5.00. The van der Waals surface area contributed by atoms with Crippen LogP contribution in [0.15, 0.2) is 0 Å². The summed E-state index contributed by atoms with van der Waals surface area (Å²) in [6.07, 6.45) is -0.366. The van der Waals surface area contributed by atoms with Gasteiger partial charge in [-0.25, -0.2) is 0 Å². The Labute approximate surface area is 97.7 Å². The second kappa shape index (κ2) is 5.62. The Balaban J connectivity index is 5.68. The number of hydrogen-bond acceptors (Lipinski definition) is 4. The van der Waals surface area contributed by atoms with E-state index in [1.54, 1.807) is 13.8 Å². The predicted octanol–water partition coefficient (Wildman–Crippen LogP) is -0.119. The third-order valence-corrected chi connectivity index (χ3v) is 2.57. The highest BCUT2D eigenvalue weighted by atomic mass is 16.4. The van der Waals surface area contributed by atoms with Crippen LogP contribution in [-0.4, -0.2) is 44.9 Å². The van der Waals surface area contributed by atoms with Gasteiger partial charge in [0.05, 0.1) is 6.61 Å². The van der Waals surface area contributed by atoms with Gasteiger partial charge in [0.25, 0.3) is 0 Å². The minimum absolute atomic E-state index is 0.337. The number of aliphatic carboxylic acids is 3. The van der Waals surface area contributed by atoms with Crippen molar-refractivity contribution in [1.29, 1.82) is 0 Å². The maximum atomic E-state index is 11.1. The summed E-state index contributed by atoms with van der Waals surface area (Å²) in [7, 11) is 0. The SMILES string of the molecule is CC(C)CC(C(=O)O)(C(=O)O)C(CO)C(=O)O. The fraction of sp³-hybridized carbons (Fsp3) is 0.700. The van der Waals surface area contributed by atoms with Gasteiger partial charge in [-0.3, -0.25) is 14.4 Å². The molecule has 0 aliphatic rings. The zero-order chi connectivity index (χ0) is 13.8. The van der Waals surface area contributed by atoms with E-state index in [0.717, 1.165) is 0 Å². The second-order valence-corrected chi connectivity index (χ2v) is 4.25. The number of carboxylic acids is 3. The van der Waals surface area contributed by atoms with Crippen LogP contribution in [0.4, 0.5) is 0 Å². The summed E-state index contributed by atoms with van der Waals surface area (Å²) in [6, 6.07) is 0. The van der Waals surface area contributed by atoms with E-state index in [0.29, 0.717) is 0 Å². The predicted molar refractivity (Wildman–Crippen MR) is 55.4 cm³/mol. The van der Waals surface area contributed by atoms with Gasteiger partial charge >= 0.3 is 17.9 Å². The highest BCUT2D eigenvalue weighted by Gasteiger charge is 2.56. The summed E-state index contributed by atoms with van der Waals surface area (Å²) in [5.74, 6) is -7.35. The quantitative estimate of drug-likeness (QED) is 0.462. The normalized spacial score (nSPS) is 13.4.